The van der Waals surface area contributed by atoms with Gasteiger partial charge in [-0.3, -0.25) is 0 Å². The van der Waals surface area contributed by atoms with Crippen molar-refractivity contribution in [2.75, 3.05) is 26.2 Å². The van der Waals surface area contributed by atoms with Gasteiger partial charge >= 0.3 is 0 Å². The fourth-order valence-electron chi connectivity index (χ4n) is 2.58. The van der Waals surface area contributed by atoms with Crippen LogP contribution in [-0.2, 0) is 0 Å². The summed E-state index contributed by atoms with van der Waals surface area (Å²) in [5.41, 5.74) is 0. The summed E-state index contributed by atoms with van der Waals surface area (Å²) in [5, 5.41) is 3.71. The van der Waals surface area contributed by atoms with Gasteiger partial charge in [-0.2, -0.15) is 0 Å². The van der Waals surface area contributed by atoms with Crippen LogP contribution >= 0.6 is 0 Å². The largest absolute Gasteiger partial charge is 0.314 e. The van der Waals surface area contributed by atoms with E-state index >= 15 is 0 Å². The second-order valence-corrected chi connectivity index (χ2v) is 4.85. The molecule has 90 valence electrons. The molecule has 0 aromatic rings. The smallest absolute Gasteiger partial charge is 0.00927 e. The Kier molecular flexibility index (Phi) is 6.26. The standard InChI is InChI=1S/C13H28N2/c1-4-15(5-2)11-7-10-14-13-9-6-8-12(13)3/h12-14H,4-11H2,1-3H3/t12-,13+/m1/s1. The van der Waals surface area contributed by atoms with E-state index in [4.69, 9.17) is 0 Å². The Balaban J connectivity index is 2.01. The lowest BCUT2D eigenvalue weighted by Crippen LogP contribution is -2.34. The van der Waals surface area contributed by atoms with E-state index in [1.54, 1.807) is 0 Å². The molecule has 0 radical (unpaired) electrons. The highest BCUT2D eigenvalue weighted by Gasteiger charge is 2.21. The van der Waals surface area contributed by atoms with Crippen molar-refractivity contribution in [2.24, 2.45) is 5.92 Å². The highest BCUT2D eigenvalue weighted by atomic mass is 15.1. The summed E-state index contributed by atoms with van der Waals surface area (Å²) >= 11 is 0. The Labute approximate surface area is 95.4 Å². The van der Waals surface area contributed by atoms with E-state index in [1.165, 1.54) is 51.9 Å². The molecule has 1 N–H and O–H groups in total. The van der Waals surface area contributed by atoms with Gasteiger partial charge in [0.05, 0.1) is 0 Å². The maximum absolute atomic E-state index is 3.71. The molecule has 0 aromatic heterocycles. The molecule has 0 aliphatic heterocycles. The van der Waals surface area contributed by atoms with Gasteiger partial charge in [-0.25, -0.2) is 0 Å². The SMILES string of the molecule is CCN(CC)CCCN[C@H]1CCC[C@H]1C. The molecule has 0 saturated heterocycles. The second-order valence-electron chi connectivity index (χ2n) is 4.85. The number of nitrogens with zero attached hydrogens (tertiary/aromatic N) is 1. The molecule has 2 nitrogen and oxygen atoms in total. The first kappa shape index (κ1) is 13.0. The van der Waals surface area contributed by atoms with Gasteiger partial charge in [0.15, 0.2) is 0 Å². The van der Waals surface area contributed by atoms with Gasteiger partial charge in [-0.15, -0.1) is 0 Å². The van der Waals surface area contributed by atoms with Gasteiger partial charge in [0.25, 0.3) is 0 Å². The summed E-state index contributed by atoms with van der Waals surface area (Å²) in [6.45, 7) is 11.7. The third-order valence-corrected chi connectivity index (χ3v) is 3.81. The van der Waals surface area contributed by atoms with E-state index in [2.05, 4.69) is 31.0 Å². The zero-order valence-electron chi connectivity index (χ0n) is 10.8. The van der Waals surface area contributed by atoms with Gasteiger partial charge < -0.3 is 10.2 Å². The molecular formula is C13H28N2. The zero-order chi connectivity index (χ0) is 11.1. The maximum Gasteiger partial charge on any atom is 0.00927 e. The predicted octanol–water partition coefficient (Wildman–Crippen LogP) is 2.50. The topological polar surface area (TPSA) is 15.3 Å². The number of hydrogen-bond donors (Lipinski definition) is 1. The van der Waals surface area contributed by atoms with Crippen molar-refractivity contribution in [3.8, 4) is 0 Å². The second kappa shape index (κ2) is 7.24. The minimum atomic E-state index is 0.807. The lowest BCUT2D eigenvalue weighted by molar-refractivity contribution is 0.293. The highest BCUT2D eigenvalue weighted by molar-refractivity contribution is 4.79. The fraction of sp³-hybridized carbons (Fsp3) is 1.00. The molecule has 0 spiro atoms. The first-order valence-electron chi connectivity index (χ1n) is 6.73. The van der Waals surface area contributed by atoms with E-state index in [-0.39, 0.29) is 0 Å². The molecule has 0 amide bonds. The van der Waals surface area contributed by atoms with Crippen LogP contribution in [0.25, 0.3) is 0 Å². The molecule has 15 heavy (non-hydrogen) atoms. The summed E-state index contributed by atoms with van der Waals surface area (Å²) in [6.07, 6.45) is 5.54. The average Bonchev–Trinajstić information content (AvgIpc) is 2.65. The minimum Gasteiger partial charge on any atom is -0.314 e. The molecule has 0 heterocycles. The molecule has 1 rings (SSSR count). The third-order valence-electron chi connectivity index (χ3n) is 3.81. The van der Waals surface area contributed by atoms with Gasteiger partial charge in [0.1, 0.15) is 0 Å². The van der Waals surface area contributed by atoms with E-state index < -0.39 is 0 Å². The van der Waals surface area contributed by atoms with Gasteiger partial charge in [-0.05, 0) is 51.4 Å². The van der Waals surface area contributed by atoms with Crippen LogP contribution < -0.4 is 5.32 Å². The lowest BCUT2D eigenvalue weighted by atomic mass is 10.1. The normalized spacial score (nSPS) is 26.4. The molecule has 1 aliphatic rings. The molecule has 0 bridgehead atoms. The van der Waals surface area contributed by atoms with Crippen LogP contribution in [0.4, 0.5) is 0 Å². The third kappa shape index (κ3) is 4.52. The average molecular weight is 212 g/mol. The van der Waals surface area contributed by atoms with Crippen molar-refractivity contribution in [1.82, 2.24) is 10.2 Å². The van der Waals surface area contributed by atoms with Crippen molar-refractivity contribution in [1.29, 1.82) is 0 Å². The summed E-state index contributed by atoms with van der Waals surface area (Å²) in [4.78, 5) is 2.50. The van der Waals surface area contributed by atoms with Crippen molar-refractivity contribution in [3.05, 3.63) is 0 Å². The van der Waals surface area contributed by atoms with Crippen molar-refractivity contribution in [3.63, 3.8) is 0 Å². The molecule has 0 unspecified atom stereocenters. The van der Waals surface area contributed by atoms with E-state index in [1.807, 2.05) is 0 Å². The summed E-state index contributed by atoms with van der Waals surface area (Å²) in [6, 6.07) is 0.807. The maximum atomic E-state index is 3.71. The Morgan fingerprint density at radius 1 is 1.20 bits per heavy atom. The van der Waals surface area contributed by atoms with Crippen LogP contribution in [0.2, 0.25) is 0 Å². The van der Waals surface area contributed by atoms with Crippen LogP contribution in [0.15, 0.2) is 0 Å². The number of nitrogens with one attached hydrogen (secondary N) is 1. The first-order chi connectivity index (χ1) is 7.27. The van der Waals surface area contributed by atoms with Gasteiger partial charge in [0.2, 0.25) is 0 Å². The van der Waals surface area contributed by atoms with Crippen molar-refractivity contribution >= 4 is 0 Å². The van der Waals surface area contributed by atoms with Crippen LogP contribution in [0.1, 0.15) is 46.5 Å². The Morgan fingerprint density at radius 2 is 1.93 bits per heavy atom. The monoisotopic (exact) mass is 212 g/mol. The number of rotatable bonds is 7. The molecule has 0 aromatic carbocycles. The summed E-state index contributed by atoms with van der Waals surface area (Å²) in [7, 11) is 0. The van der Waals surface area contributed by atoms with Crippen LogP contribution in [0.3, 0.4) is 0 Å². The number of hydrogen-bond acceptors (Lipinski definition) is 2. The molecule has 1 fully saturated rings. The highest BCUT2D eigenvalue weighted by Crippen LogP contribution is 2.24. The van der Waals surface area contributed by atoms with E-state index in [0.29, 0.717) is 0 Å². The Morgan fingerprint density at radius 3 is 2.47 bits per heavy atom. The van der Waals surface area contributed by atoms with Crippen molar-refractivity contribution < 1.29 is 0 Å². The first-order valence-corrected chi connectivity index (χ1v) is 6.73. The van der Waals surface area contributed by atoms with Crippen molar-refractivity contribution in [2.45, 2.75) is 52.5 Å². The minimum absolute atomic E-state index is 0.807. The molecule has 1 aliphatic carbocycles. The molecule has 1 saturated carbocycles. The molecular weight excluding hydrogens is 184 g/mol. The Bertz CT molecular complexity index is 155. The van der Waals surface area contributed by atoms with Crippen LogP contribution in [0, 0.1) is 5.92 Å². The van der Waals surface area contributed by atoms with E-state index in [0.717, 1.165) is 12.0 Å². The Hall–Kier alpha value is -0.0800. The summed E-state index contributed by atoms with van der Waals surface area (Å²) < 4.78 is 0. The van der Waals surface area contributed by atoms with E-state index in [9.17, 15) is 0 Å². The molecule has 2 heteroatoms. The van der Waals surface area contributed by atoms with Gasteiger partial charge in [-0.1, -0.05) is 27.2 Å². The quantitative estimate of drug-likeness (QED) is 0.652. The van der Waals surface area contributed by atoms with Crippen LogP contribution in [-0.4, -0.2) is 37.1 Å². The summed E-state index contributed by atoms with van der Waals surface area (Å²) in [5.74, 6) is 0.901. The fourth-order valence-corrected chi connectivity index (χ4v) is 2.58. The van der Waals surface area contributed by atoms with Crippen LogP contribution in [0.5, 0.6) is 0 Å². The van der Waals surface area contributed by atoms with Gasteiger partial charge in [0, 0.05) is 6.04 Å². The molecule has 2 atom stereocenters. The lowest BCUT2D eigenvalue weighted by Gasteiger charge is -2.20. The predicted molar refractivity (Wildman–Crippen MR) is 67.2 cm³/mol. The zero-order valence-corrected chi connectivity index (χ0v) is 10.8.